The molecule has 1 aliphatic rings. The fourth-order valence-electron chi connectivity index (χ4n) is 3.01. The van der Waals surface area contributed by atoms with Gasteiger partial charge in [-0.15, -0.1) is 0 Å². The van der Waals surface area contributed by atoms with Gasteiger partial charge >= 0.3 is 0 Å². The summed E-state index contributed by atoms with van der Waals surface area (Å²) in [5.41, 5.74) is 4.06. The standard InChI is InChI=1S/C20H24N2O3/c1-15-11-16(2)13-17(12-15)25-14-20(23)21-18-5-3-4-6-19(18)22-7-9-24-10-8-22/h3-6,11-13H,7-10,14H2,1-2H3,(H,21,23). The quantitative estimate of drug-likeness (QED) is 0.908. The number of nitrogens with one attached hydrogen (secondary N) is 1. The Bertz CT molecular complexity index is 719. The Morgan fingerprint density at radius 2 is 1.80 bits per heavy atom. The molecule has 1 N–H and O–H groups in total. The smallest absolute Gasteiger partial charge is 0.262 e. The van der Waals surface area contributed by atoms with Crippen LogP contribution in [0.2, 0.25) is 0 Å². The van der Waals surface area contributed by atoms with E-state index in [-0.39, 0.29) is 12.5 Å². The first-order valence-corrected chi connectivity index (χ1v) is 8.54. The molecule has 0 radical (unpaired) electrons. The van der Waals surface area contributed by atoms with Crippen molar-refractivity contribution in [3.05, 3.63) is 53.6 Å². The van der Waals surface area contributed by atoms with Crippen LogP contribution in [0.4, 0.5) is 11.4 Å². The molecule has 0 bridgehead atoms. The van der Waals surface area contributed by atoms with E-state index in [1.54, 1.807) is 0 Å². The van der Waals surface area contributed by atoms with E-state index < -0.39 is 0 Å². The molecule has 3 rings (SSSR count). The molecule has 25 heavy (non-hydrogen) atoms. The predicted molar refractivity (Wildman–Crippen MR) is 99.5 cm³/mol. The number of carbonyl (C=O) groups is 1. The minimum absolute atomic E-state index is 0.0136. The van der Waals surface area contributed by atoms with Crippen LogP contribution in [-0.4, -0.2) is 38.8 Å². The zero-order chi connectivity index (χ0) is 17.6. The normalized spacial score (nSPS) is 14.2. The van der Waals surface area contributed by atoms with Gasteiger partial charge in [-0.3, -0.25) is 4.79 Å². The number of nitrogens with zero attached hydrogens (tertiary/aromatic N) is 1. The minimum atomic E-state index is -0.167. The van der Waals surface area contributed by atoms with Gasteiger partial charge in [0.15, 0.2) is 6.61 Å². The van der Waals surface area contributed by atoms with E-state index in [4.69, 9.17) is 9.47 Å². The lowest BCUT2D eigenvalue weighted by molar-refractivity contribution is -0.118. The SMILES string of the molecule is Cc1cc(C)cc(OCC(=O)Nc2ccccc2N2CCOCC2)c1. The molecular weight excluding hydrogens is 316 g/mol. The van der Waals surface area contributed by atoms with Gasteiger partial charge in [0.2, 0.25) is 0 Å². The fourth-order valence-corrected chi connectivity index (χ4v) is 3.01. The molecule has 5 heteroatoms. The largest absolute Gasteiger partial charge is 0.484 e. The molecular formula is C20H24N2O3. The van der Waals surface area contributed by atoms with Crippen molar-refractivity contribution in [1.82, 2.24) is 0 Å². The number of rotatable bonds is 5. The van der Waals surface area contributed by atoms with Crippen LogP contribution in [0.1, 0.15) is 11.1 Å². The highest BCUT2D eigenvalue weighted by molar-refractivity contribution is 5.95. The van der Waals surface area contributed by atoms with Gasteiger partial charge in [-0.2, -0.15) is 0 Å². The molecule has 0 spiro atoms. The van der Waals surface area contributed by atoms with Gasteiger partial charge in [-0.1, -0.05) is 18.2 Å². The van der Waals surface area contributed by atoms with Crippen LogP contribution < -0.4 is 15.0 Å². The summed E-state index contributed by atoms with van der Waals surface area (Å²) in [7, 11) is 0. The van der Waals surface area contributed by atoms with Gasteiger partial charge in [0.25, 0.3) is 5.91 Å². The number of amides is 1. The number of hydrogen-bond acceptors (Lipinski definition) is 4. The minimum Gasteiger partial charge on any atom is -0.484 e. The van der Waals surface area contributed by atoms with Crippen molar-refractivity contribution in [2.75, 3.05) is 43.1 Å². The number of carbonyl (C=O) groups excluding carboxylic acids is 1. The Balaban J connectivity index is 1.63. The van der Waals surface area contributed by atoms with Crippen LogP contribution in [0.25, 0.3) is 0 Å². The number of para-hydroxylation sites is 2. The second kappa shape index (κ2) is 8.03. The van der Waals surface area contributed by atoms with Crippen molar-refractivity contribution in [1.29, 1.82) is 0 Å². The van der Waals surface area contributed by atoms with Gasteiger partial charge in [-0.25, -0.2) is 0 Å². The van der Waals surface area contributed by atoms with Crippen LogP contribution in [-0.2, 0) is 9.53 Å². The summed E-state index contributed by atoms with van der Waals surface area (Å²) in [6, 6.07) is 13.8. The molecule has 2 aromatic carbocycles. The van der Waals surface area contributed by atoms with E-state index in [1.807, 2.05) is 50.2 Å². The Kier molecular flexibility index (Phi) is 5.56. The number of aryl methyl sites for hydroxylation is 2. The Labute approximate surface area is 148 Å². The lowest BCUT2D eigenvalue weighted by Gasteiger charge is -2.30. The van der Waals surface area contributed by atoms with E-state index in [2.05, 4.69) is 16.3 Å². The van der Waals surface area contributed by atoms with E-state index in [0.29, 0.717) is 19.0 Å². The predicted octanol–water partition coefficient (Wildman–Crippen LogP) is 3.16. The van der Waals surface area contributed by atoms with Crippen molar-refractivity contribution in [2.24, 2.45) is 0 Å². The number of anilines is 2. The monoisotopic (exact) mass is 340 g/mol. The number of morpholine rings is 1. The number of hydrogen-bond donors (Lipinski definition) is 1. The highest BCUT2D eigenvalue weighted by atomic mass is 16.5. The zero-order valence-electron chi connectivity index (χ0n) is 14.7. The molecule has 0 aliphatic carbocycles. The van der Waals surface area contributed by atoms with Crippen LogP contribution in [0.15, 0.2) is 42.5 Å². The average Bonchev–Trinajstić information content (AvgIpc) is 2.60. The Morgan fingerprint density at radius 3 is 2.52 bits per heavy atom. The third kappa shape index (κ3) is 4.73. The summed E-state index contributed by atoms with van der Waals surface area (Å²) >= 11 is 0. The summed E-state index contributed by atoms with van der Waals surface area (Å²) in [6.45, 7) is 7.07. The third-order valence-corrected chi connectivity index (χ3v) is 4.10. The molecule has 1 aliphatic heterocycles. The molecule has 2 aromatic rings. The first kappa shape index (κ1) is 17.3. The first-order valence-electron chi connectivity index (χ1n) is 8.54. The lowest BCUT2D eigenvalue weighted by Crippen LogP contribution is -2.37. The maximum Gasteiger partial charge on any atom is 0.262 e. The summed E-state index contributed by atoms with van der Waals surface area (Å²) in [5, 5.41) is 2.96. The summed E-state index contributed by atoms with van der Waals surface area (Å²) in [5.74, 6) is 0.550. The zero-order valence-corrected chi connectivity index (χ0v) is 14.7. The van der Waals surface area contributed by atoms with Gasteiger partial charge in [-0.05, 0) is 49.2 Å². The van der Waals surface area contributed by atoms with Gasteiger partial charge in [0, 0.05) is 13.1 Å². The molecule has 0 atom stereocenters. The van der Waals surface area contributed by atoms with Crippen LogP contribution in [0, 0.1) is 13.8 Å². The van der Waals surface area contributed by atoms with Gasteiger partial charge in [0.1, 0.15) is 5.75 Å². The highest BCUT2D eigenvalue weighted by Crippen LogP contribution is 2.26. The Morgan fingerprint density at radius 1 is 1.12 bits per heavy atom. The number of benzene rings is 2. The summed E-state index contributed by atoms with van der Waals surface area (Å²) in [6.07, 6.45) is 0. The van der Waals surface area contributed by atoms with Gasteiger partial charge in [0.05, 0.1) is 24.6 Å². The van der Waals surface area contributed by atoms with Crippen molar-refractivity contribution in [3.63, 3.8) is 0 Å². The molecule has 0 aromatic heterocycles. The van der Waals surface area contributed by atoms with Crippen molar-refractivity contribution >= 4 is 17.3 Å². The Hall–Kier alpha value is -2.53. The van der Waals surface area contributed by atoms with Crippen LogP contribution >= 0.6 is 0 Å². The van der Waals surface area contributed by atoms with Crippen molar-refractivity contribution in [3.8, 4) is 5.75 Å². The van der Waals surface area contributed by atoms with E-state index >= 15 is 0 Å². The first-order chi connectivity index (χ1) is 12.1. The van der Waals surface area contributed by atoms with E-state index in [0.717, 1.165) is 35.6 Å². The van der Waals surface area contributed by atoms with E-state index in [9.17, 15) is 4.79 Å². The molecule has 132 valence electrons. The summed E-state index contributed by atoms with van der Waals surface area (Å²) < 4.78 is 11.0. The molecule has 1 fully saturated rings. The molecule has 0 unspecified atom stereocenters. The molecule has 1 amide bonds. The van der Waals surface area contributed by atoms with Gasteiger partial charge < -0.3 is 19.7 Å². The topological polar surface area (TPSA) is 50.8 Å². The fraction of sp³-hybridized carbons (Fsp3) is 0.350. The molecule has 1 heterocycles. The molecule has 1 saturated heterocycles. The molecule has 0 saturated carbocycles. The van der Waals surface area contributed by atoms with Crippen molar-refractivity contribution in [2.45, 2.75) is 13.8 Å². The van der Waals surface area contributed by atoms with Crippen LogP contribution in [0.5, 0.6) is 5.75 Å². The molecule has 5 nitrogen and oxygen atoms in total. The van der Waals surface area contributed by atoms with E-state index in [1.165, 1.54) is 0 Å². The van der Waals surface area contributed by atoms with Crippen molar-refractivity contribution < 1.29 is 14.3 Å². The van der Waals surface area contributed by atoms with Crippen LogP contribution in [0.3, 0.4) is 0 Å². The third-order valence-electron chi connectivity index (χ3n) is 4.10. The average molecular weight is 340 g/mol. The lowest BCUT2D eigenvalue weighted by atomic mass is 10.1. The maximum atomic E-state index is 12.3. The summed E-state index contributed by atoms with van der Waals surface area (Å²) in [4.78, 5) is 14.5. The maximum absolute atomic E-state index is 12.3. The highest BCUT2D eigenvalue weighted by Gasteiger charge is 2.15. The second-order valence-corrected chi connectivity index (χ2v) is 6.28. The second-order valence-electron chi connectivity index (χ2n) is 6.28. The number of ether oxygens (including phenoxy) is 2.